The molecule has 1 saturated carbocycles. The van der Waals surface area contributed by atoms with Crippen LogP contribution in [0.5, 0.6) is 0 Å². The lowest BCUT2D eigenvalue weighted by Gasteiger charge is -2.62. The average Bonchev–Trinajstić information content (AvgIpc) is 2.60. The summed E-state index contributed by atoms with van der Waals surface area (Å²) in [5.41, 5.74) is -2.83. The molecule has 8 nitrogen and oxygen atoms in total. The van der Waals surface area contributed by atoms with Crippen LogP contribution >= 0.6 is 0 Å². The molecule has 27 heavy (non-hydrogen) atoms. The summed E-state index contributed by atoms with van der Waals surface area (Å²) >= 11 is 0. The number of carbonyl (C=O) groups is 3. The fourth-order valence-corrected chi connectivity index (χ4v) is 5.16. The molecule has 148 valence electrons. The maximum absolute atomic E-state index is 12.8. The Balaban J connectivity index is 1.86. The molecule has 0 unspecified atom stereocenters. The van der Waals surface area contributed by atoms with E-state index in [9.17, 15) is 24.6 Å². The van der Waals surface area contributed by atoms with E-state index in [1.807, 2.05) is 6.92 Å². The predicted octanol–water partition coefficient (Wildman–Crippen LogP) is 1.16. The van der Waals surface area contributed by atoms with Crippen molar-refractivity contribution in [3.05, 3.63) is 11.3 Å². The minimum Gasteiger partial charge on any atom is -0.512 e. The molecule has 0 amide bonds. The highest BCUT2D eigenvalue weighted by Crippen LogP contribution is 2.59. The van der Waals surface area contributed by atoms with Crippen LogP contribution in [0.4, 0.5) is 0 Å². The van der Waals surface area contributed by atoms with Crippen LogP contribution in [-0.2, 0) is 28.6 Å². The van der Waals surface area contributed by atoms with Gasteiger partial charge >= 0.3 is 17.9 Å². The molecule has 7 atom stereocenters. The van der Waals surface area contributed by atoms with Crippen LogP contribution < -0.4 is 0 Å². The monoisotopic (exact) mass is 380 g/mol. The zero-order valence-electron chi connectivity index (χ0n) is 15.6. The van der Waals surface area contributed by atoms with Crippen LogP contribution in [0.1, 0.15) is 46.5 Å². The summed E-state index contributed by atoms with van der Waals surface area (Å²) in [6.45, 7) is 5.18. The number of aliphatic hydroxyl groups is 2. The Labute approximate surface area is 156 Å². The zero-order chi connectivity index (χ0) is 19.7. The van der Waals surface area contributed by atoms with Gasteiger partial charge in [0.15, 0.2) is 0 Å². The maximum Gasteiger partial charge on any atom is 0.351 e. The summed E-state index contributed by atoms with van der Waals surface area (Å²) in [6, 6.07) is 0. The molecule has 2 bridgehead atoms. The van der Waals surface area contributed by atoms with E-state index in [4.69, 9.17) is 14.2 Å². The fraction of sp³-hybridized carbons (Fsp3) is 0.737. The Morgan fingerprint density at radius 3 is 2.56 bits per heavy atom. The second-order valence-corrected chi connectivity index (χ2v) is 8.44. The highest BCUT2D eigenvalue weighted by molar-refractivity contribution is 5.97. The first-order valence-electron chi connectivity index (χ1n) is 9.36. The number of cyclic esters (lactones) is 1. The first-order valence-corrected chi connectivity index (χ1v) is 9.36. The average molecular weight is 380 g/mol. The zero-order valence-corrected chi connectivity index (χ0v) is 15.6. The van der Waals surface area contributed by atoms with Crippen molar-refractivity contribution in [3.63, 3.8) is 0 Å². The topological polar surface area (TPSA) is 119 Å². The minimum atomic E-state index is -1.65. The number of ether oxygens (including phenoxy) is 3. The second kappa shape index (κ2) is 5.70. The van der Waals surface area contributed by atoms with Crippen molar-refractivity contribution in [1.82, 2.24) is 0 Å². The summed E-state index contributed by atoms with van der Waals surface area (Å²) in [6.07, 6.45) is -1.09. The van der Waals surface area contributed by atoms with E-state index >= 15 is 0 Å². The number of carbonyl (C=O) groups excluding carboxylic acids is 3. The van der Waals surface area contributed by atoms with Crippen molar-refractivity contribution in [1.29, 1.82) is 0 Å². The molecule has 4 aliphatic heterocycles. The molecule has 2 N–H and O–H groups in total. The third-order valence-electron chi connectivity index (χ3n) is 6.83. The first kappa shape index (κ1) is 18.3. The number of esters is 3. The molecule has 1 spiro atoms. The lowest BCUT2D eigenvalue weighted by atomic mass is 9.54. The van der Waals surface area contributed by atoms with Gasteiger partial charge in [0, 0.05) is 30.6 Å². The van der Waals surface area contributed by atoms with E-state index in [-0.39, 0.29) is 36.5 Å². The van der Waals surface area contributed by atoms with Gasteiger partial charge in [-0.1, -0.05) is 6.92 Å². The molecule has 5 rings (SSSR count). The standard InChI is InChI=1S/C19H24O8/c1-8-7-19-14(15(22)18(8,3)27-17(19)24)10-6-12(21)25-9(2)4-5-11(20)13(10)16(23)26-19/h8-10,14-15,20,22H,4-7H2,1-3H3/b13-11-/t8-,9-,10+,14-,15-,18-,19-/m0/s1. The van der Waals surface area contributed by atoms with Crippen LogP contribution in [0.2, 0.25) is 0 Å². The van der Waals surface area contributed by atoms with Gasteiger partial charge in [0.25, 0.3) is 0 Å². The van der Waals surface area contributed by atoms with Crippen molar-refractivity contribution < 1.29 is 38.8 Å². The SMILES string of the molecule is C[C@H]1CC/C(O)=C2/C(=O)O[C@]34C[C@H](C)[C@](C)(OC3=O)[C@@H](O)[C@@H]4[C@@H]2CC(=O)O1. The number of hydrogen-bond acceptors (Lipinski definition) is 8. The number of allylic oxidation sites excluding steroid dienone is 1. The van der Waals surface area contributed by atoms with Gasteiger partial charge < -0.3 is 24.4 Å². The maximum atomic E-state index is 12.8. The molecule has 4 heterocycles. The van der Waals surface area contributed by atoms with E-state index in [0.717, 1.165) is 0 Å². The summed E-state index contributed by atoms with van der Waals surface area (Å²) in [5.74, 6) is -4.24. The molecule has 1 aliphatic carbocycles. The Bertz CT molecular complexity index is 757. The van der Waals surface area contributed by atoms with Gasteiger partial charge in [-0.3, -0.25) is 4.79 Å². The van der Waals surface area contributed by atoms with E-state index < -0.39 is 53.2 Å². The molecule has 0 radical (unpaired) electrons. The lowest BCUT2D eigenvalue weighted by Crippen LogP contribution is -2.77. The predicted molar refractivity (Wildman–Crippen MR) is 89.1 cm³/mol. The third-order valence-corrected chi connectivity index (χ3v) is 6.83. The highest BCUT2D eigenvalue weighted by atomic mass is 16.6. The Morgan fingerprint density at radius 1 is 1.15 bits per heavy atom. The van der Waals surface area contributed by atoms with Gasteiger partial charge in [-0.25, -0.2) is 9.59 Å². The Kier molecular flexibility index (Phi) is 3.86. The second-order valence-electron chi connectivity index (χ2n) is 8.44. The van der Waals surface area contributed by atoms with Crippen LogP contribution in [-0.4, -0.2) is 51.5 Å². The highest BCUT2D eigenvalue weighted by Gasteiger charge is 2.74. The largest absolute Gasteiger partial charge is 0.512 e. The Hall–Kier alpha value is -2.09. The molecule has 0 aromatic rings. The molecule has 4 fully saturated rings. The van der Waals surface area contributed by atoms with E-state index in [2.05, 4.69) is 0 Å². The lowest BCUT2D eigenvalue weighted by molar-refractivity contribution is -0.296. The van der Waals surface area contributed by atoms with E-state index in [1.54, 1.807) is 13.8 Å². The molecular formula is C19H24O8. The van der Waals surface area contributed by atoms with Crippen molar-refractivity contribution in [3.8, 4) is 0 Å². The van der Waals surface area contributed by atoms with Gasteiger partial charge in [-0.2, -0.15) is 0 Å². The molecule has 5 aliphatic rings. The van der Waals surface area contributed by atoms with Crippen molar-refractivity contribution in [2.75, 3.05) is 0 Å². The molecule has 3 saturated heterocycles. The summed E-state index contributed by atoms with van der Waals surface area (Å²) in [4.78, 5) is 38.0. The van der Waals surface area contributed by atoms with Gasteiger partial charge in [0.1, 0.15) is 17.5 Å². The van der Waals surface area contributed by atoms with Crippen molar-refractivity contribution >= 4 is 17.9 Å². The molecule has 0 aromatic carbocycles. The van der Waals surface area contributed by atoms with E-state index in [0.29, 0.717) is 6.42 Å². The number of rotatable bonds is 0. The van der Waals surface area contributed by atoms with Crippen molar-refractivity contribution in [2.24, 2.45) is 17.8 Å². The number of hydrogen-bond donors (Lipinski definition) is 2. The summed E-state index contributed by atoms with van der Waals surface area (Å²) in [7, 11) is 0. The minimum absolute atomic E-state index is 0.0349. The van der Waals surface area contributed by atoms with E-state index in [1.165, 1.54) is 0 Å². The Morgan fingerprint density at radius 2 is 1.85 bits per heavy atom. The summed E-state index contributed by atoms with van der Waals surface area (Å²) in [5, 5.41) is 21.6. The first-order chi connectivity index (χ1) is 12.6. The van der Waals surface area contributed by atoms with Gasteiger partial charge in [-0.15, -0.1) is 0 Å². The van der Waals surface area contributed by atoms with Gasteiger partial charge in [-0.05, 0) is 20.3 Å². The van der Waals surface area contributed by atoms with Crippen LogP contribution in [0, 0.1) is 17.8 Å². The molecule has 0 aromatic heterocycles. The molecular weight excluding hydrogens is 356 g/mol. The van der Waals surface area contributed by atoms with Crippen LogP contribution in [0.25, 0.3) is 0 Å². The van der Waals surface area contributed by atoms with Crippen LogP contribution in [0.15, 0.2) is 11.3 Å². The third kappa shape index (κ3) is 2.35. The van der Waals surface area contributed by atoms with Crippen molar-refractivity contribution in [2.45, 2.75) is 69.9 Å². The normalized spacial score (nSPS) is 49.6. The quantitative estimate of drug-likeness (QED) is 0.475. The number of aliphatic hydroxyl groups excluding tert-OH is 2. The smallest absolute Gasteiger partial charge is 0.351 e. The fourth-order valence-electron chi connectivity index (χ4n) is 5.16. The molecule has 8 heteroatoms. The van der Waals surface area contributed by atoms with Gasteiger partial charge in [0.05, 0.1) is 18.1 Å². The van der Waals surface area contributed by atoms with Crippen LogP contribution in [0.3, 0.4) is 0 Å². The number of fused-ring (bicyclic) bond motifs is 3. The summed E-state index contributed by atoms with van der Waals surface area (Å²) < 4.78 is 16.4. The van der Waals surface area contributed by atoms with Gasteiger partial charge in [0.2, 0.25) is 5.60 Å².